The van der Waals surface area contributed by atoms with Gasteiger partial charge in [0, 0.05) is 31.6 Å². The van der Waals surface area contributed by atoms with Gasteiger partial charge in [-0.1, -0.05) is 30.3 Å². The molecule has 0 radical (unpaired) electrons. The van der Waals surface area contributed by atoms with Gasteiger partial charge in [0.05, 0.1) is 5.69 Å². The SMILES string of the molecule is Cc1nn(C)c(C)c1CCC(=O)NC(CCC(=O)O)Cc1ccccc1. The van der Waals surface area contributed by atoms with Crippen molar-refractivity contribution >= 4 is 11.9 Å². The molecule has 6 nitrogen and oxygen atoms in total. The molecule has 0 aliphatic carbocycles. The highest BCUT2D eigenvalue weighted by molar-refractivity contribution is 5.76. The van der Waals surface area contributed by atoms with Crippen molar-refractivity contribution in [1.29, 1.82) is 0 Å². The van der Waals surface area contributed by atoms with Crippen molar-refractivity contribution in [3.05, 3.63) is 52.8 Å². The summed E-state index contributed by atoms with van der Waals surface area (Å²) < 4.78 is 1.83. The Balaban J connectivity index is 1.95. The molecule has 1 heterocycles. The van der Waals surface area contributed by atoms with Crippen LogP contribution in [0.3, 0.4) is 0 Å². The molecule has 2 aromatic rings. The summed E-state index contributed by atoms with van der Waals surface area (Å²) in [6.45, 7) is 3.95. The van der Waals surface area contributed by atoms with Gasteiger partial charge in [0.15, 0.2) is 0 Å². The van der Waals surface area contributed by atoms with E-state index >= 15 is 0 Å². The standard InChI is InChI=1S/C20H27N3O3/c1-14-18(15(2)23(3)22-14)10-11-19(24)21-17(9-12-20(25)26)13-16-7-5-4-6-8-16/h4-8,17H,9-13H2,1-3H3,(H,21,24)(H,25,26). The molecule has 1 amide bonds. The van der Waals surface area contributed by atoms with Gasteiger partial charge in [-0.15, -0.1) is 0 Å². The number of nitrogens with zero attached hydrogens (tertiary/aromatic N) is 2. The van der Waals surface area contributed by atoms with E-state index in [1.165, 1.54) is 0 Å². The van der Waals surface area contributed by atoms with E-state index in [0.717, 1.165) is 22.5 Å². The molecule has 26 heavy (non-hydrogen) atoms. The highest BCUT2D eigenvalue weighted by Crippen LogP contribution is 2.14. The Morgan fingerprint density at radius 3 is 2.46 bits per heavy atom. The number of hydrogen-bond donors (Lipinski definition) is 2. The zero-order chi connectivity index (χ0) is 19.1. The van der Waals surface area contributed by atoms with Gasteiger partial charge >= 0.3 is 5.97 Å². The second-order valence-electron chi connectivity index (χ2n) is 6.66. The minimum atomic E-state index is -0.848. The molecule has 1 atom stereocenters. The third-order valence-corrected chi connectivity index (χ3v) is 4.66. The number of rotatable bonds is 9. The van der Waals surface area contributed by atoms with Crippen LogP contribution in [0.15, 0.2) is 30.3 Å². The number of aryl methyl sites for hydroxylation is 2. The Morgan fingerprint density at radius 2 is 1.88 bits per heavy atom. The van der Waals surface area contributed by atoms with Gasteiger partial charge in [-0.05, 0) is 44.2 Å². The van der Waals surface area contributed by atoms with Gasteiger partial charge in [0.2, 0.25) is 5.91 Å². The zero-order valence-corrected chi connectivity index (χ0v) is 15.7. The number of hydrogen-bond acceptors (Lipinski definition) is 3. The highest BCUT2D eigenvalue weighted by Gasteiger charge is 2.16. The predicted molar refractivity (Wildman–Crippen MR) is 99.9 cm³/mol. The number of carbonyl (C=O) groups excluding carboxylic acids is 1. The number of carboxylic acids is 1. The second-order valence-corrected chi connectivity index (χ2v) is 6.66. The second kappa shape index (κ2) is 9.17. The largest absolute Gasteiger partial charge is 0.481 e. The zero-order valence-electron chi connectivity index (χ0n) is 15.7. The number of benzene rings is 1. The summed E-state index contributed by atoms with van der Waals surface area (Å²) in [6, 6.07) is 9.62. The van der Waals surface area contributed by atoms with Gasteiger partial charge in [0.1, 0.15) is 0 Å². The molecule has 1 aromatic heterocycles. The van der Waals surface area contributed by atoms with Crippen molar-refractivity contribution in [2.45, 2.75) is 52.0 Å². The van der Waals surface area contributed by atoms with E-state index in [9.17, 15) is 9.59 Å². The monoisotopic (exact) mass is 357 g/mol. The van der Waals surface area contributed by atoms with E-state index in [1.807, 2.05) is 55.9 Å². The summed E-state index contributed by atoms with van der Waals surface area (Å²) in [5, 5.41) is 16.3. The number of aromatic nitrogens is 2. The molecule has 0 saturated carbocycles. The van der Waals surface area contributed by atoms with Gasteiger partial charge < -0.3 is 10.4 Å². The number of carboxylic acid groups (broad SMARTS) is 1. The topological polar surface area (TPSA) is 84.2 Å². The van der Waals surface area contributed by atoms with E-state index in [2.05, 4.69) is 10.4 Å². The average Bonchev–Trinajstić information content (AvgIpc) is 2.84. The van der Waals surface area contributed by atoms with Crippen LogP contribution >= 0.6 is 0 Å². The summed E-state index contributed by atoms with van der Waals surface area (Å²) in [6.07, 6.45) is 2.09. The summed E-state index contributed by atoms with van der Waals surface area (Å²) >= 11 is 0. The van der Waals surface area contributed by atoms with Gasteiger partial charge in [-0.3, -0.25) is 14.3 Å². The summed E-state index contributed by atoms with van der Waals surface area (Å²) in [4.78, 5) is 23.3. The number of aliphatic carboxylic acids is 1. The number of nitrogens with one attached hydrogen (secondary N) is 1. The van der Waals surface area contributed by atoms with Crippen LogP contribution in [0.4, 0.5) is 0 Å². The van der Waals surface area contributed by atoms with Gasteiger partial charge in [-0.2, -0.15) is 5.10 Å². The van der Waals surface area contributed by atoms with Crippen molar-refractivity contribution < 1.29 is 14.7 Å². The molecule has 0 aliphatic heterocycles. The molecular weight excluding hydrogens is 330 g/mol. The van der Waals surface area contributed by atoms with Crippen LogP contribution in [0.25, 0.3) is 0 Å². The van der Waals surface area contributed by atoms with Crippen LogP contribution in [0.5, 0.6) is 0 Å². The maximum atomic E-state index is 12.4. The van der Waals surface area contributed by atoms with Gasteiger partial charge in [0.25, 0.3) is 0 Å². The summed E-state index contributed by atoms with van der Waals surface area (Å²) in [5.74, 6) is -0.905. The first kappa shape index (κ1) is 19.7. The molecule has 1 unspecified atom stereocenters. The van der Waals surface area contributed by atoms with Crippen molar-refractivity contribution in [3.63, 3.8) is 0 Å². The van der Waals surface area contributed by atoms with Crippen LogP contribution in [0.1, 0.15) is 41.8 Å². The van der Waals surface area contributed by atoms with E-state index in [0.29, 0.717) is 25.7 Å². The number of carbonyl (C=O) groups is 2. The first-order chi connectivity index (χ1) is 12.4. The Morgan fingerprint density at radius 1 is 1.19 bits per heavy atom. The Hall–Kier alpha value is -2.63. The minimum Gasteiger partial charge on any atom is -0.481 e. The molecule has 0 fully saturated rings. The highest BCUT2D eigenvalue weighted by atomic mass is 16.4. The van der Waals surface area contributed by atoms with Crippen LogP contribution in [-0.2, 0) is 29.5 Å². The minimum absolute atomic E-state index is 0.0403. The lowest BCUT2D eigenvalue weighted by atomic mass is 10.0. The first-order valence-electron chi connectivity index (χ1n) is 8.91. The maximum Gasteiger partial charge on any atom is 0.303 e. The third kappa shape index (κ3) is 5.72. The Bertz CT molecular complexity index is 753. The fourth-order valence-electron chi connectivity index (χ4n) is 3.14. The van der Waals surface area contributed by atoms with Crippen molar-refractivity contribution in [1.82, 2.24) is 15.1 Å². The number of amides is 1. The van der Waals surface area contributed by atoms with Crippen LogP contribution in [0, 0.1) is 13.8 Å². The predicted octanol–water partition coefficient (Wildman–Crippen LogP) is 2.56. The quantitative estimate of drug-likeness (QED) is 0.722. The first-order valence-corrected chi connectivity index (χ1v) is 8.91. The molecule has 1 aromatic carbocycles. The van der Waals surface area contributed by atoms with Crippen LogP contribution in [-0.4, -0.2) is 32.8 Å². The fraction of sp³-hybridized carbons (Fsp3) is 0.450. The molecule has 2 N–H and O–H groups in total. The lowest BCUT2D eigenvalue weighted by molar-refractivity contribution is -0.137. The molecule has 0 aliphatic rings. The molecule has 140 valence electrons. The average molecular weight is 357 g/mol. The fourth-order valence-corrected chi connectivity index (χ4v) is 3.14. The van der Waals surface area contributed by atoms with Crippen molar-refractivity contribution in [2.75, 3.05) is 0 Å². The molecule has 0 bridgehead atoms. The van der Waals surface area contributed by atoms with E-state index in [1.54, 1.807) is 0 Å². The summed E-state index contributed by atoms with van der Waals surface area (Å²) in [5.41, 5.74) is 4.21. The molecular formula is C20H27N3O3. The normalized spacial score (nSPS) is 12.0. The maximum absolute atomic E-state index is 12.4. The van der Waals surface area contributed by atoms with Crippen LogP contribution < -0.4 is 5.32 Å². The van der Waals surface area contributed by atoms with E-state index in [-0.39, 0.29) is 18.4 Å². The Kier molecular flexibility index (Phi) is 6.95. The van der Waals surface area contributed by atoms with Crippen LogP contribution in [0.2, 0.25) is 0 Å². The molecule has 0 spiro atoms. The van der Waals surface area contributed by atoms with E-state index < -0.39 is 5.97 Å². The summed E-state index contributed by atoms with van der Waals surface area (Å²) in [7, 11) is 1.90. The van der Waals surface area contributed by atoms with Gasteiger partial charge in [-0.25, -0.2) is 0 Å². The molecule has 0 saturated heterocycles. The smallest absolute Gasteiger partial charge is 0.303 e. The molecule has 2 rings (SSSR count). The lowest BCUT2D eigenvalue weighted by Crippen LogP contribution is -2.37. The van der Waals surface area contributed by atoms with Crippen molar-refractivity contribution in [3.8, 4) is 0 Å². The van der Waals surface area contributed by atoms with E-state index in [4.69, 9.17) is 5.11 Å². The lowest BCUT2D eigenvalue weighted by Gasteiger charge is -2.18. The Labute approximate surface area is 154 Å². The third-order valence-electron chi connectivity index (χ3n) is 4.66. The van der Waals surface area contributed by atoms with Crippen molar-refractivity contribution in [2.24, 2.45) is 7.05 Å². The molecule has 6 heteroatoms.